The number of hydrogen-bond acceptors (Lipinski definition) is 5. The largest absolute Gasteiger partial charge is 0.465 e. The highest BCUT2D eigenvalue weighted by Gasteiger charge is 2.32. The lowest BCUT2D eigenvalue weighted by atomic mass is 10.1. The third kappa shape index (κ3) is 3.12. The summed E-state index contributed by atoms with van der Waals surface area (Å²) in [7, 11) is 1.08. The molecule has 2 N–H and O–H groups in total. The Hall–Kier alpha value is -3.36. The van der Waals surface area contributed by atoms with Gasteiger partial charge >= 0.3 is 12.1 Å². The van der Waals surface area contributed by atoms with Crippen molar-refractivity contribution in [3.05, 3.63) is 63.7 Å². The van der Waals surface area contributed by atoms with Crippen LogP contribution in [0, 0.1) is 6.92 Å². The molecule has 0 atom stereocenters. The van der Waals surface area contributed by atoms with Crippen LogP contribution in [0.4, 0.5) is 18.9 Å². The number of methoxy groups -OCH3 is 1. The molecule has 2 aromatic heterocycles. The van der Waals surface area contributed by atoms with Crippen LogP contribution in [0.1, 0.15) is 21.6 Å². The lowest BCUT2D eigenvalue weighted by Gasteiger charge is -2.16. The second kappa shape index (κ2) is 6.42. The zero-order valence-electron chi connectivity index (χ0n) is 14.3. The van der Waals surface area contributed by atoms with Gasteiger partial charge in [-0.2, -0.15) is 13.2 Å². The molecule has 1 aromatic carbocycles. The van der Waals surface area contributed by atoms with Gasteiger partial charge in [0, 0.05) is 11.1 Å². The van der Waals surface area contributed by atoms with Crippen LogP contribution in [-0.2, 0) is 10.9 Å². The molecule has 0 unspecified atom stereocenters. The van der Waals surface area contributed by atoms with E-state index in [2.05, 4.69) is 9.72 Å². The van der Waals surface area contributed by atoms with Crippen molar-refractivity contribution in [2.45, 2.75) is 13.1 Å². The summed E-state index contributed by atoms with van der Waals surface area (Å²) in [5.41, 5.74) is 4.13. The van der Waals surface area contributed by atoms with Gasteiger partial charge in [-0.3, -0.25) is 14.3 Å². The first-order valence-electron chi connectivity index (χ1n) is 7.72. The number of alkyl halides is 3. The molecule has 0 amide bonds. The summed E-state index contributed by atoms with van der Waals surface area (Å²) in [6.07, 6.45) is -3.29. The Morgan fingerprint density at radius 2 is 1.93 bits per heavy atom. The summed E-state index contributed by atoms with van der Waals surface area (Å²) in [5.74, 6) is -0.979. The van der Waals surface area contributed by atoms with Gasteiger partial charge in [0.25, 0.3) is 5.56 Å². The van der Waals surface area contributed by atoms with Gasteiger partial charge in [-0.1, -0.05) is 6.07 Å². The molecule has 0 radical (unpaired) electrons. The first kappa shape index (κ1) is 18.4. The van der Waals surface area contributed by atoms with Crippen LogP contribution in [0.5, 0.6) is 0 Å². The summed E-state index contributed by atoms with van der Waals surface area (Å²) in [4.78, 5) is 29.0. The summed E-state index contributed by atoms with van der Waals surface area (Å²) in [5, 5.41) is 0.114. The van der Waals surface area contributed by atoms with Crippen LogP contribution in [0.25, 0.3) is 16.6 Å². The number of carbonyl (C=O) groups excluding carboxylic acids is 1. The maximum atomic E-state index is 13.2. The topological polar surface area (TPSA) is 87.2 Å². The maximum Gasteiger partial charge on any atom is 0.416 e. The van der Waals surface area contributed by atoms with Crippen molar-refractivity contribution in [1.82, 2.24) is 9.55 Å². The minimum absolute atomic E-state index is 0.0920. The Balaban J connectivity index is 2.50. The molecular weight excluding hydrogens is 363 g/mol. The van der Waals surface area contributed by atoms with Crippen molar-refractivity contribution < 1.29 is 22.7 Å². The molecule has 0 aliphatic carbocycles. The highest BCUT2D eigenvalue weighted by atomic mass is 19.4. The number of aryl methyl sites for hydroxylation is 1. The normalized spacial score (nSPS) is 11.6. The summed E-state index contributed by atoms with van der Waals surface area (Å²) >= 11 is 0. The highest BCUT2D eigenvalue weighted by Crippen LogP contribution is 2.33. The fourth-order valence-electron chi connectivity index (χ4n) is 2.74. The quantitative estimate of drug-likeness (QED) is 0.694. The number of halogens is 3. The number of nitrogen functional groups attached to an aromatic ring is 1. The Morgan fingerprint density at radius 1 is 1.22 bits per heavy atom. The van der Waals surface area contributed by atoms with Crippen molar-refractivity contribution in [1.29, 1.82) is 0 Å². The Morgan fingerprint density at radius 3 is 2.48 bits per heavy atom. The minimum atomic E-state index is -4.61. The van der Waals surface area contributed by atoms with E-state index in [-0.39, 0.29) is 22.3 Å². The molecule has 0 fully saturated rings. The average molecular weight is 377 g/mol. The van der Waals surface area contributed by atoms with Gasteiger partial charge in [-0.25, -0.2) is 4.79 Å². The van der Waals surface area contributed by atoms with Gasteiger partial charge < -0.3 is 10.5 Å². The van der Waals surface area contributed by atoms with Gasteiger partial charge in [0.15, 0.2) is 0 Å². The first-order valence-corrected chi connectivity index (χ1v) is 7.72. The third-order valence-electron chi connectivity index (χ3n) is 4.09. The molecule has 0 saturated heterocycles. The minimum Gasteiger partial charge on any atom is -0.465 e. The van der Waals surface area contributed by atoms with Crippen molar-refractivity contribution in [3.8, 4) is 5.69 Å². The molecule has 9 heteroatoms. The molecule has 0 aliphatic rings. The number of rotatable bonds is 2. The van der Waals surface area contributed by atoms with Gasteiger partial charge in [0.05, 0.1) is 35.8 Å². The number of fused-ring (bicyclic) bond motifs is 1. The van der Waals surface area contributed by atoms with Crippen LogP contribution >= 0.6 is 0 Å². The zero-order chi connectivity index (χ0) is 19.9. The average Bonchev–Trinajstić information content (AvgIpc) is 2.62. The number of aromatic nitrogens is 2. The SMILES string of the molecule is COC(=O)c1c(N)c2ccc(C(F)(F)F)cc2n(-c2ccc(C)nc2)c1=O. The number of ether oxygens (including phenoxy) is 1. The predicted molar refractivity (Wildman–Crippen MR) is 92.8 cm³/mol. The van der Waals surface area contributed by atoms with Gasteiger partial charge in [-0.05, 0) is 31.2 Å². The number of hydrogen-bond donors (Lipinski definition) is 1. The first-order chi connectivity index (χ1) is 12.6. The number of nitrogens with two attached hydrogens (primary N) is 1. The van der Waals surface area contributed by atoms with Crippen molar-refractivity contribution in [2.75, 3.05) is 12.8 Å². The molecule has 3 rings (SSSR count). The Bertz CT molecular complexity index is 1100. The molecule has 140 valence electrons. The molecular formula is C18H14F3N3O3. The lowest BCUT2D eigenvalue weighted by molar-refractivity contribution is -0.137. The molecule has 0 saturated carbocycles. The fourth-order valence-corrected chi connectivity index (χ4v) is 2.74. The second-order valence-corrected chi connectivity index (χ2v) is 5.81. The van der Waals surface area contributed by atoms with E-state index in [9.17, 15) is 22.8 Å². The Kier molecular flexibility index (Phi) is 4.38. The third-order valence-corrected chi connectivity index (χ3v) is 4.09. The van der Waals surface area contributed by atoms with E-state index in [1.165, 1.54) is 12.3 Å². The van der Waals surface area contributed by atoms with E-state index in [1.54, 1.807) is 13.0 Å². The van der Waals surface area contributed by atoms with E-state index in [1.807, 2.05) is 0 Å². The smallest absolute Gasteiger partial charge is 0.416 e. The number of carbonyl (C=O) groups is 1. The van der Waals surface area contributed by atoms with Crippen LogP contribution in [-0.4, -0.2) is 22.6 Å². The van der Waals surface area contributed by atoms with Crippen molar-refractivity contribution >= 4 is 22.6 Å². The van der Waals surface area contributed by atoms with E-state index in [4.69, 9.17) is 5.73 Å². The monoisotopic (exact) mass is 377 g/mol. The summed E-state index contributed by atoms with van der Waals surface area (Å²) in [6.45, 7) is 1.72. The number of anilines is 1. The van der Waals surface area contributed by atoms with E-state index < -0.39 is 28.8 Å². The number of pyridine rings is 2. The van der Waals surface area contributed by atoms with Crippen LogP contribution in [0.2, 0.25) is 0 Å². The number of esters is 1. The van der Waals surface area contributed by atoms with E-state index >= 15 is 0 Å². The number of benzene rings is 1. The van der Waals surface area contributed by atoms with Crippen molar-refractivity contribution in [3.63, 3.8) is 0 Å². The van der Waals surface area contributed by atoms with Gasteiger partial charge in [0.2, 0.25) is 0 Å². The molecule has 0 aliphatic heterocycles. The van der Waals surface area contributed by atoms with Crippen LogP contribution in [0.3, 0.4) is 0 Å². The Labute approximate surface area is 151 Å². The fraction of sp³-hybridized carbons (Fsp3) is 0.167. The molecule has 3 aromatic rings. The standard InChI is InChI=1S/C18H14F3N3O3/c1-9-3-5-11(8-23-9)24-13-7-10(18(19,20)21)4-6-12(13)15(22)14(16(24)25)17(26)27-2/h3-8H,22H2,1-2H3. The molecule has 27 heavy (non-hydrogen) atoms. The highest BCUT2D eigenvalue weighted by molar-refractivity contribution is 6.04. The van der Waals surface area contributed by atoms with Crippen molar-refractivity contribution in [2.24, 2.45) is 0 Å². The molecule has 6 nitrogen and oxygen atoms in total. The molecule has 0 bridgehead atoms. The van der Waals surface area contributed by atoms with Crippen LogP contribution < -0.4 is 11.3 Å². The number of nitrogens with zero attached hydrogens (tertiary/aromatic N) is 2. The predicted octanol–water partition coefficient (Wildman–Crippen LogP) is 3.08. The summed E-state index contributed by atoms with van der Waals surface area (Å²) < 4.78 is 45.1. The summed E-state index contributed by atoms with van der Waals surface area (Å²) in [6, 6.07) is 5.88. The van der Waals surface area contributed by atoms with E-state index in [0.29, 0.717) is 5.69 Å². The van der Waals surface area contributed by atoms with Gasteiger partial charge in [0.1, 0.15) is 5.56 Å². The zero-order valence-corrected chi connectivity index (χ0v) is 14.3. The van der Waals surface area contributed by atoms with E-state index in [0.717, 1.165) is 29.9 Å². The van der Waals surface area contributed by atoms with Crippen LogP contribution in [0.15, 0.2) is 41.3 Å². The van der Waals surface area contributed by atoms with Gasteiger partial charge in [-0.15, -0.1) is 0 Å². The molecule has 0 spiro atoms. The lowest BCUT2D eigenvalue weighted by Crippen LogP contribution is -2.28. The second-order valence-electron chi connectivity index (χ2n) is 5.81. The molecule has 2 heterocycles. The maximum absolute atomic E-state index is 13.2.